The maximum Gasteiger partial charge on any atom is 0.251 e. The summed E-state index contributed by atoms with van der Waals surface area (Å²) in [5.74, 6) is -0.141. The molecule has 1 aromatic rings. The molecule has 0 spiro atoms. The van der Waals surface area contributed by atoms with E-state index in [9.17, 15) is 4.79 Å². The molecule has 0 radical (unpaired) electrons. The molecule has 1 fully saturated rings. The molecule has 1 aliphatic heterocycles. The molecule has 108 valence electrons. The summed E-state index contributed by atoms with van der Waals surface area (Å²) in [7, 11) is 0. The summed E-state index contributed by atoms with van der Waals surface area (Å²) in [6.45, 7) is 4.59. The molecule has 1 saturated heterocycles. The molecule has 2 unspecified atom stereocenters. The van der Waals surface area contributed by atoms with Crippen LogP contribution in [-0.2, 0) is 4.74 Å². The number of nitrogens with two attached hydrogens (primary N) is 1. The molecule has 20 heavy (non-hydrogen) atoms. The number of hydrogen-bond acceptors (Lipinski definition) is 4. The second kappa shape index (κ2) is 5.50. The summed E-state index contributed by atoms with van der Waals surface area (Å²) >= 11 is 0. The van der Waals surface area contributed by atoms with E-state index in [0.29, 0.717) is 17.7 Å². The van der Waals surface area contributed by atoms with Crippen LogP contribution in [0, 0.1) is 0 Å². The molecule has 1 amide bonds. The third-order valence-corrected chi connectivity index (χ3v) is 3.84. The van der Waals surface area contributed by atoms with Crippen LogP contribution in [0.3, 0.4) is 0 Å². The maximum absolute atomic E-state index is 12.2. The zero-order valence-corrected chi connectivity index (χ0v) is 11.6. The standard InChI is InChI=1S/C14H19N3O3/c1-9-14(2,7-8-20-9)16-13(18)11-5-3-10(4-6-11)12(15)17-19/h3-6,9,19H,7-8H2,1-2H3,(H2,15,17)(H,16,18). The van der Waals surface area contributed by atoms with Crippen molar-refractivity contribution in [2.45, 2.75) is 31.9 Å². The Kier molecular flexibility index (Phi) is 3.94. The highest BCUT2D eigenvalue weighted by Crippen LogP contribution is 2.25. The van der Waals surface area contributed by atoms with Crippen LogP contribution in [0.5, 0.6) is 0 Å². The fourth-order valence-electron chi connectivity index (χ4n) is 2.18. The Bertz CT molecular complexity index is 527. The first-order valence-corrected chi connectivity index (χ1v) is 6.48. The number of carbonyl (C=O) groups excluding carboxylic acids is 1. The molecule has 1 aromatic carbocycles. The van der Waals surface area contributed by atoms with Gasteiger partial charge in [0.25, 0.3) is 5.91 Å². The van der Waals surface area contributed by atoms with Gasteiger partial charge in [-0.05, 0) is 32.4 Å². The second-order valence-corrected chi connectivity index (χ2v) is 5.20. The number of hydrogen-bond donors (Lipinski definition) is 3. The van der Waals surface area contributed by atoms with Gasteiger partial charge in [-0.1, -0.05) is 17.3 Å². The number of amides is 1. The van der Waals surface area contributed by atoms with E-state index in [1.54, 1.807) is 24.3 Å². The predicted octanol–water partition coefficient (Wildman–Crippen LogP) is 1.08. The van der Waals surface area contributed by atoms with Crippen molar-refractivity contribution in [3.63, 3.8) is 0 Å². The van der Waals surface area contributed by atoms with Crippen molar-refractivity contribution < 1.29 is 14.7 Å². The van der Waals surface area contributed by atoms with Crippen LogP contribution in [-0.4, -0.2) is 35.2 Å². The predicted molar refractivity (Wildman–Crippen MR) is 74.9 cm³/mol. The number of nitrogens with one attached hydrogen (secondary N) is 1. The van der Waals surface area contributed by atoms with Crippen LogP contribution in [0.1, 0.15) is 36.2 Å². The van der Waals surface area contributed by atoms with Gasteiger partial charge in [0.1, 0.15) is 0 Å². The molecule has 0 aromatic heterocycles. The lowest BCUT2D eigenvalue weighted by Gasteiger charge is -2.28. The van der Waals surface area contributed by atoms with E-state index in [4.69, 9.17) is 15.7 Å². The van der Waals surface area contributed by atoms with Crippen molar-refractivity contribution in [2.24, 2.45) is 10.9 Å². The first-order chi connectivity index (χ1) is 9.46. The van der Waals surface area contributed by atoms with Crippen molar-refractivity contribution in [1.82, 2.24) is 5.32 Å². The Morgan fingerprint density at radius 2 is 2.05 bits per heavy atom. The van der Waals surface area contributed by atoms with Gasteiger partial charge in [-0.15, -0.1) is 0 Å². The van der Waals surface area contributed by atoms with Crippen molar-refractivity contribution in [3.05, 3.63) is 35.4 Å². The van der Waals surface area contributed by atoms with E-state index < -0.39 is 0 Å². The van der Waals surface area contributed by atoms with Crippen molar-refractivity contribution in [3.8, 4) is 0 Å². The fraction of sp³-hybridized carbons (Fsp3) is 0.429. The average Bonchev–Trinajstić information content (AvgIpc) is 2.77. The molecule has 0 saturated carbocycles. The maximum atomic E-state index is 12.2. The smallest absolute Gasteiger partial charge is 0.251 e. The molecular formula is C14H19N3O3. The number of benzene rings is 1. The number of amidine groups is 1. The van der Waals surface area contributed by atoms with Gasteiger partial charge in [-0.2, -0.15) is 0 Å². The number of ether oxygens (including phenoxy) is 1. The summed E-state index contributed by atoms with van der Waals surface area (Å²) in [5.41, 5.74) is 6.22. The molecular weight excluding hydrogens is 258 g/mol. The van der Waals surface area contributed by atoms with E-state index in [1.165, 1.54) is 0 Å². The van der Waals surface area contributed by atoms with Crippen LogP contribution in [0.15, 0.2) is 29.4 Å². The van der Waals surface area contributed by atoms with Gasteiger partial charge in [0.2, 0.25) is 0 Å². The van der Waals surface area contributed by atoms with E-state index >= 15 is 0 Å². The number of carbonyl (C=O) groups is 1. The second-order valence-electron chi connectivity index (χ2n) is 5.20. The van der Waals surface area contributed by atoms with Crippen LogP contribution >= 0.6 is 0 Å². The molecule has 2 atom stereocenters. The third-order valence-electron chi connectivity index (χ3n) is 3.84. The van der Waals surface area contributed by atoms with Crippen LogP contribution in [0.2, 0.25) is 0 Å². The Morgan fingerprint density at radius 3 is 2.55 bits per heavy atom. The van der Waals surface area contributed by atoms with Gasteiger partial charge >= 0.3 is 0 Å². The van der Waals surface area contributed by atoms with E-state index in [2.05, 4.69) is 10.5 Å². The highest BCUT2D eigenvalue weighted by molar-refractivity contribution is 5.99. The fourth-order valence-corrected chi connectivity index (χ4v) is 2.18. The molecule has 2 rings (SSSR count). The van der Waals surface area contributed by atoms with Crippen molar-refractivity contribution in [1.29, 1.82) is 0 Å². The zero-order valence-electron chi connectivity index (χ0n) is 11.6. The van der Waals surface area contributed by atoms with E-state index in [1.807, 2.05) is 13.8 Å². The van der Waals surface area contributed by atoms with Gasteiger partial charge in [-0.3, -0.25) is 4.79 Å². The summed E-state index contributed by atoms with van der Waals surface area (Å²) < 4.78 is 5.50. The summed E-state index contributed by atoms with van der Waals surface area (Å²) in [5, 5.41) is 14.5. The quantitative estimate of drug-likeness (QED) is 0.333. The monoisotopic (exact) mass is 277 g/mol. The molecule has 0 bridgehead atoms. The number of oxime groups is 1. The normalized spacial score (nSPS) is 26.5. The highest BCUT2D eigenvalue weighted by atomic mass is 16.5. The Labute approximate surface area is 117 Å². The van der Waals surface area contributed by atoms with Crippen LogP contribution in [0.25, 0.3) is 0 Å². The largest absolute Gasteiger partial charge is 0.409 e. The van der Waals surface area contributed by atoms with Gasteiger partial charge in [0.05, 0.1) is 11.6 Å². The zero-order chi connectivity index (χ0) is 14.8. The molecule has 1 heterocycles. The summed E-state index contributed by atoms with van der Waals surface area (Å²) in [6, 6.07) is 6.57. The average molecular weight is 277 g/mol. The number of rotatable bonds is 3. The lowest BCUT2D eigenvalue weighted by atomic mass is 9.94. The Morgan fingerprint density at radius 1 is 1.45 bits per heavy atom. The minimum atomic E-state index is -0.346. The first-order valence-electron chi connectivity index (χ1n) is 6.48. The summed E-state index contributed by atoms with van der Waals surface area (Å²) in [4.78, 5) is 12.2. The summed E-state index contributed by atoms with van der Waals surface area (Å²) in [6.07, 6.45) is 0.783. The molecule has 0 aliphatic carbocycles. The molecule has 1 aliphatic rings. The molecule has 4 N–H and O–H groups in total. The van der Waals surface area contributed by atoms with Gasteiger partial charge in [0, 0.05) is 17.7 Å². The van der Waals surface area contributed by atoms with Crippen LogP contribution in [0.4, 0.5) is 0 Å². The molecule has 6 heteroatoms. The van der Waals surface area contributed by atoms with Crippen molar-refractivity contribution >= 4 is 11.7 Å². The number of nitrogens with zero attached hydrogens (tertiary/aromatic N) is 1. The minimum Gasteiger partial charge on any atom is -0.409 e. The SMILES string of the molecule is CC1OCCC1(C)NC(=O)c1ccc(/C(N)=N/O)cc1. The Hall–Kier alpha value is -2.08. The minimum absolute atomic E-state index is 0.0112. The van der Waals surface area contributed by atoms with E-state index in [0.717, 1.165) is 6.42 Å². The highest BCUT2D eigenvalue weighted by Gasteiger charge is 2.38. The van der Waals surface area contributed by atoms with Gasteiger partial charge in [-0.25, -0.2) is 0 Å². The van der Waals surface area contributed by atoms with Crippen molar-refractivity contribution in [2.75, 3.05) is 6.61 Å². The molecule has 6 nitrogen and oxygen atoms in total. The lowest BCUT2D eigenvalue weighted by molar-refractivity contribution is 0.0727. The first kappa shape index (κ1) is 14.3. The Balaban J connectivity index is 2.10. The van der Waals surface area contributed by atoms with E-state index in [-0.39, 0.29) is 23.4 Å². The third kappa shape index (κ3) is 2.75. The van der Waals surface area contributed by atoms with Crippen LogP contribution < -0.4 is 11.1 Å². The topological polar surface area (TPSA) is 96.9 Å². The van der Waals surface area contributed by atoms with Gasteiger partial charge < -0.3 is 21.0 Å². The lowest BCUT2D eigenvalue weighted by Crippen LogP contribution is -2.50. The van der Waals surface area contributed by atoms with Gasteiger partial charge in [0.15, 0.2) is 5.84 Å².